The summed E-state index contributed by atoms with van der Waals surface area (Å²) in [5.41, 5.74) is -4.76. The van der Waals surface area contributed by atoms with Gasteiger partial charge in [-0.25, -0.2) is 0 Å². The molecule has 0 aliphatic heterocycles. The molecule has 0 saturated carbocycles. The van der Waals surface area contributed by atoms with Crippen LogP contribution >= 0.6 is 0 Å². The second-order valence-corrected chi connectivity index (χ2v) is 8.01. The van der Waals surface area contributed by atoms with Crippen LogP contribution in [0.1, 0.15) is 0 Å². The van der Waals surface area contributed by atoms with E-state index in [1.54, 1.807) is 0 Å². The van der Waals surface area contributed by atoms with E-state index in [4.69, 9.17) is 0 Å². The van der Waals surface area contributed by atoms with E-state index in [2.05, 4.69) is 15.0 Å². The lowest BCUT2D eigenvalue weighted by Gasteiger charge is -2.41. The number of hydrogen-bond donors (Lipinski definition) is 9. The third kappa shape index (κ3) is 5.26. The highest BCUT2D eigenvalue weighted by Gasteiger charge is 2.40. The number of hydrogen-bond acceptors (Lipinski definition) is 15. The van der Waals surface area contributed by atoms with Gasteiger partial charge in [-0.05, 0) is 0 Å². The molecule has 15 nitrogen and oxygen atoms in total. The van der Waals surface area contributed by atoms with E-state index in [-0.39, 0.29) is 17.8 Å². The van der Waals surface area contributed by atoms with Gasteiger partial charge in [0.05, 0.1) is 59.5 Å². The van der Waals surface area contributed by atoms with E-state index in [1.807, 2.05) is 0 Å². The van der Waals surface area contributed by atoms with Gasteiger partial charge in [-0.15, -0.1) is 0 Å². The van der Waals surface area contributed by atoms with E-state index in [0.29, 0.717) is 0 Å². The topological polar surface area (TPSA) is 230 Å². The van der Waals surface area contributed by atoms with Crippen LogP contribution in [0, 0.1) is 0 Å². The molecule has 0 bridgehead atoms. The van der Waals surface area contributed by atoms with Crippen LogP contribution in [0.25, 0.3) is 0 Å². The molecule has 0 aromatic carbocycles. The van der Waals surface area contributed by atoms with Crippen LogP contribution in [0.4, 0.5) is 17.8 Å². The van der Waals surface area contributed by atoms with Crippen molar-refractivity contribution in [1.29, 1.82) is 0 Å². The van der Waals surface area contributed by atoms with Crippen molar-refractivity contribution < 1.29 is 46.0 Å². The van der Waals surface area contributed by atoms with Gasteiger partial charge in [0.2, 0.25) is 17.8 Å². The van der Waals surface area contributed by atoms with Gasteiger partial charge < -0.3 is 60.7 Å². The fraction of sp³-hybridized carbons (Fsp3) is 0.833. The Morgan fingerprint density at radius 2 is 0.576 bits per heavy atom. The standard InChI is InChI=1S/C18H36N6O9/c1-22(16(4-25,5-26)6-27)13-19-14(23(2)17(7-28,8-29)9-30)21-15(20-13)24(3)18(10-31,11-32)12-33/h25-33H,4-12H2,1-3H3. The van der Waals surface area contributed by atoms with Gasteiger partial charge in [-0.1, -0.05) is 0 Å². The zero-order chi connectivity index (χ0) is 25.4. The van der Waals surface area contributed by atoms with Crippen LogP contribution in [-0.4, -0.2) is 158 Å². The Morgan fingerprint density at radius 1 is 0.424 bits per heavy atom. The Labute approximate surface area is 191 Å². The highest BCUT2D eigenvalue weighted by atomic mass is 16.3. The van der Waals surface area contributed by atoms with Crippen LogP contribution in [0.15, 0.2) is 0 Å². The highest BCUT2D eigenvalue weighted by molar-refractivity contribution is 5.50. The van der Waals surface area contributed by atoms with Crippen molar-refractivity contribution >= 4 is 17.8 Å². The molecular formula is C18H36N6O9. The predicted octanol–water partition coefficient (Wildman–Crippen LogP) is -5.67. The second kappa shape index (κ2) is 12.0. The molecule has 0 radical (unpaired) electrons. The molecule has 15 heteroatoms. The van der Waals surface area contributed by atoms with Crippen molar-refractivity contribution in [3.05, 3.63) is 0 Å². The number of nitrogens with zero attached hydrogens (tertiary/aromatic N) is 6. The normalized spacial score (nSPS) is 12.7. The molecule has 9 N–H and O–H groups in total. The van der Waals surface area contributed by atoms with Gasteiger partial charge >= 0.3 is 0 Å². The lowest BCUT2D eigenvalue weighted by Crippen LogP contribution is -2.59. The maximum absolute atomic E-state index is 9.80. The van der Waals surface area contributed by atoms with Gasteiger partial charge in [0.25, 0.3) is 0 Å². The molecular weight excluding hydrogens is 444 g/mol. The summed E-state index contributed by atoms with van der Waals surface area (Å²) in [6.45, 7) is -6.12. The molecule has 192 valence electrons. The largest absolute Gasteiger partial charge is 0.394 e. The molecule has 0 amide bonds. The van der Waals surface area contributed by atoms with Crippen LogP contribution in [0.2, 0.25) is 0 Å². The second-order valence-electron chi connectivity index (χ2n) is 8.01. The number of aromatic nitrogens is 3. The Morgan fingerprint density at radius 3 is 0.697 bits per heavy atom. The Hall–Kier alpha value is -1.95. The third-order valence-corrected chi connectivity index (χ3v) is 6.28. The fourth-order valence-electron chi connectivity index (χ4n) is 2.83. The zero-order valence-electron chi connectivity index (χ0n) is 19.1. The molecule has 0 aliphatic carbocycles. The van der Waals surface area contributed by atoms with E-state index in [0.717, 1.165) is 0 Å². The first kappa shape index (κ1) is 29.1. The molecule has 0 saturated heterocycles. The highest BCUT2D eigenvalue weighted by Crippen LogP contribution is 2.28. The van der Waals surface area contributed by atoms with Crippen LogP contribution < -0.4 is 14.7 Å². The van der Waals surface area contributed by atoms with Gasteiger partial charge in [0, 0.05) is 21.1 Å². The number of likely N-dealkylation sites (N-methyl/N-ethyl adjacent to an activating group) is 3. The van der Waals surface area contributed by atoms with Crippen LogP contribution in [0.5, 0.6) is 0 Å². The van der Waals surface area contributed by atoms with Gasteiger partial charge in [-0.2, -0.15) is 15.0 Å². The quantitative estimate of drug-likeness (QED) is 0.114. The summed E-state index contributed by atoms with van der Waals surface area (Å²) in [7, 11) is 4.17. The van der Waals surface area contributed by atoms with Gasteiger partial charge in [0.1, 0.15) is 16.6 Å². The maximum Gasteiger partial charge on any atom is 0.232 e. The molecule has 0 fully saturated rings. The Bertz CT molecular complexity index is 599. The summed E-state index contributed by atoms with van der Waals surface area (Å²) in [6.07, 6.45) is 0. The summed E-state index contributed by atoms with van der Waals surface area (Å²) in [5, 5.41) is 88.2. The van der Waals surface area contributed by atoms with Crippen LogP contribution in [-0.2, 0) is 0 Å². The summed E-state index contributed by atoms with van der Waals surface area (Å²) in [6, 6.07) is 0. The van der Waals surface area contributed by atoms with Crippen molar-refractivity contribution in [3.8, 4) is 0 Å². The third-order valence-electron chi connectivity index (χ3n) is 6.28. The monoisotopic (exact) mass is 480 g/mol. The average Bonchev–Trinajstić information content (AvgIpc) is 2.87. The smallest absolute Gasteiger partial charge is 0.232 e. The fourth-order valence-corrected chi connectivity index (χ4v) is 2.83. The number of rotatable bonds is 15. The molecule has 0 spiro atoms. The van der Waals surface area contributed by atoms with Crippen molar-refractivity contribution in [2.24, 2.45) is 0 Å². The van der Waals surface area contributed by atoms with Crippen molar-refractivity contribution in [1.82, 2.24) is 15.0 Å². The van der Waals surface area contributed by atoms with E-state index in [9.17, 15) is 46.0 Å². The average molecular weight is 481 g/mol. The Balaban J connectivity index is 3.81. The molecule has 0 aliphatic rings. The minimum Gasteiger partial charge on any atom is -0.394 e. The van der Waals surface area contributed by atoms with Crippen LogP contribution in [0.3, 0.4) is 0 Å². The number of anilines is 3. The zero-order valence-corrected chi connectivity index (χ0v) is 19.1. The van der Waals surface area contributed by atoms with Crippen molar-refractivity contribution in [2.75, 3.05) is 95.3 Å². The lowest BCUT2D eigenvalue weighted by atomic mass is 10.0. The molecule has 0 unspecified atom stereocenters. The first-order valence-electron chi connectivity index (χ1n) is 10.1. The molecule has 33 heavy (non-hydrogen) atoms. The Kier molecular flexibility index (Phi) is 10.5. The maximum atomic E-state index is 9.80. The van der Waals surface area contributed by atoms with E-state index in [1.165, 1.54) is 35.8 Å². The van der Waals surface area contributed by atoms with Gasteiger partial charge in [-0.3, -0.25) is 0 Å². The minimum absolute atomic E-state index is 0.184. The SMILES string of the molecule is CN(c1nc(N(C)C(CO)(CO)CO)nc(N(C)C(CO)(CO)CO)n1)C(CO)(CO)CO. The summed E-state index contributed by atoms with van der Waals surface area (Å²) < 4.78 is 0. The summed E-state index contributed by atoms with van der Waals surface area (Å²) >= 11 is 0. The molecule has 1 aromatic rings. The first-order chi connectivity index (χ1) is 15.6. The van der Waals surface area contributed by atoms with E-state index < -0.39 is 76.1 Å². The molecule has 0 atom stereocenters. The predicted molar refractivity (Wildman–Crippen MR) is 117 cm³/mol. The molecule has 1 heterocycles. The number of aliphatic hydroxyl groups excluding tert-OH is 9. The minimum atomic E-state index is -1.59. The van der Waals surface area contributed by atoms with E-state index >= 15 is 0 Å². The van der Waals surface area contributed by atoms with Crippen molar-refractivity contribution in [2.45, 2.75) is 16.6 Å². The van der Waals surface area contributed by atoms with Gasteiger partial charge in [0.15, 0.2) is 0 Å². The molecule has 1 aromatic heterocycles. The summed E-state index contributed by atoms with van der Waals surface area (Å²) in [5.74, 6) is -0.552. The molecule has 1 rings (SSSR count). The first-order valence-corrected chi connectivity index (χ1v) is 10.1. The number of aliphatic hydroxyl groups is 9. The summed E-state index contributed by atoms with van der Waals surface area (Å²) in [4.78, 5) is 16.3. The van der Waals surface area contributed by atoms with Crippen molar-refractivity contribution in [3.63, 3.8) is 0 Å². The lowest BCUT2D eigenvalue weighted by molar-refractivity contribution is 0.0635.